The molecule has 1 heterocycles. The van der Waals surface area contributed by atoms with Crippen molar-refractivity contribution in [2.75, 3.05) is 13.1 Å². The van der Waals surface area contributed by atoms with Crippen LogP contribution in [0.25, 0.3) is 0 Å². The van der Waals surface area contributed by atoms with Gasteiger partial charge in [0.05, 0.1) is 0 Å². The minimum Gasteiger partial charge on any atom is -0.356 e. The maximum absolute atomic E-state index is 12.3. The molecule has 4 bridgehead atoms. The van der Waals surface area contributed by atoms with E-state index in [4.69, 9.17) is 0 Å². The normalized spacial score (nSPS) is 30.9. The molecule has 4 saturated carbocycles. The first-order valence-electron chi connectivity index (χ1n) is 10.4. The van der Waals surface area contributed by atoms with E-state index in [0.29, 0.717) is 19.5 Å². The van der Waals surface area contributed by atoms with Crippen LogP contribution in [0.5, 0.6) is 0 Å². The van der Waals surface area contributed by atoms with E-state index in [9.17, 15) is 9.59 Å². The van der Waals surface area contributed by atoms with Gasteiger partial charge in [0.2, 0.25) is 5.91 Å². The quantitative estimate of drug-likeness (QED) is 0.610. The van der Waals surface area contributed by atoms with E-state index in [1.807, 2.05) is 16.9 Å². The molecule has 4 fully saturated rings. The predicted molar refractivity (Wildman–Crippen MR) is 102 cm³/mol. The molecule has 0 radical (unpaired) electrons. The average molecular weight is 374 g/mol. The zero-order chi connectivity index (χ0) is 18.7. The van der Waals surface area contributed by atoms with Gasteiger partial charge in [-0.05, 0) is 68.8 Å². The minimum absolute atomic E-state index is 0.0214. The highest BCUT2D eigenvalue weighted by atomic mass is 16.2. The summed E-state index contributed by atoms with van der Waals surface area (Å²) in [5, 5.41) is 13.2. The molecular formula is C20H31N5O2. The standard InChI is InChI=1S/C20H31N5O2/c26-18(21-4-1-7-25-8-2-5-23-25)3-6-22-19(27)24-20-12-15-9-16(13-20)11-17(10-15)14-20/h2,5,8,15-17H,1,3-4,6-7,9-14H2,(H,21,26)(H2,22,24,27). The van der Waals surface area contributed by atoms with Crippen molar-refractivity contribution < 1.29 is 9.59 Å². The second-order valence-electron chi connectivity index (χ2n) is 8.80. The zero-order valence-electron chi connectivity index (χ0n) is 16.0. The van der Waals surface area contributed by atoms with Gasteiger partial charge < -0.3 is 16.0 Å². The van der Waals surface area contributed by atoms with Gasteiger partial charge in [0.15, 0.2) is 0 Å². The van der Waals surface area contributed by atoms with Crippen LogP contribution in [0.1, 0.15) is 51.4 Å². The van der Waals surface area contributed by atoms with Crippen LogP contribution in [-0.2, 0) is 11.3 Å². The topological polar surface area (TPSA) is 88.0 Å². The third-order valence-electron chi connectivity index (χ3n) is 6.50. The van der Waals surface area contributed by atoms with E-state index in [0.717, 1.165) is 50.0 Å². The summed E-state index contributed by atoms with van der Waals surface area (Å²) in [6.45, 7) is 1.79. The molecular weight excluding hydrogens is 342 g/mol. The first kappa shape index (κ1) is 18.3. The first-order chi connectivity index (χ1) is 13.1. The molecule has 0 aromatic carbocycles. The Morgan fingerprint density at radius 1 is 1.04 bits per heavy atom. The van der Waals surface area contributed by atoms with Crippen LogP contribution < -0.4 is 16.0 Å². The van der Waals surface area contributed by atoms with E-state index in [2.05, 4.69) is 21.0 Å². The van der Waals surface area contributed by atoms with Gasteiger partial charge in [-0.15, -0.1) is 0 Å². The Labute approximate surface area is 160 Å². The predicted octanol–water partition coefficient (Wildman–Crippen LogP) is 2.05. The number of hydrogen-bond acceptors (Lipinski definition) is 3. The lowest BCUT2D eigenvalue weighted by molar-refractivity contribution is -0.120. The third-order valence-corrected chi connectivity index (χ3v) is 6.50. The molecule has 0 spiro atoms. The number of nitrogens with one attached hydrogen (secondary N) is 3. The number of rotatable bonds is 8. The number of urea groups is 1. The number of amides is 3. The fraction of sp³-hybridized carbons (Fsp3) is 0.750. The van der Waals surface area contributed by atoms with Crippen molar-refractivity contribution in [2.45, 2.75) is 63.5 Å². The Kier molecular flexibility index (Phi) is 5.36. The van der Waals surface area contributed by atoms with Gasteiger partial charge in [-0.2, -0.15) is 5.10 Å². The highest BCUT2D eigenvalue weighted by Gasteiger charge is 2.51. The molecule has 148 valence electrons. The third kappa shape index (κ3) is 4.62. The lowest BCUT2D eigenvalue weighted by Crippen LogP contribution is -2.61. The van der Waals surface area contributed by atoms with Crippen LogP contribution in [0.15, 0.2) is 18.5 Å². The molecule has 0 atom stereocenters. The summed E-state index contributed by atoms with van der Waals surface area (Å²) in [5.74, 6) is 2.41. The summed E-state index contributed by atoms with van der Waals surface area (Å²) < 4.78 is 1.85. The number of carbonyl (C=O) groups excluding carboxylic acids is 2. The van der Waals surface area contributed by atoms with Crippen LogP contribution in [-0.4, -0.2) is 40.3 Å². The molecule has 3 amide bonds. The lowest BCUT2D eigenvalue weighted by Gasteiger charge is -2.56. The summed E-state index contributed by atoms with van der Waals surface area (Å²) in [5.41, 5.74) is 0.0214. The van der Waals surface area contributed by atoms with E-state index >= 15 is 0 Å². The SMILES string of the molecule is O=C(CCNC(=O)NC12CC3CC(CC(C3)C1)C2)NCCCn1cccn1. The molecule has 0 saturated heterocycles. The largest absolute Gasteiger partial charge is 0.356 e. The van der Waals surface area contributed by atoms with E-state index < -0.39 is 0 Å². The van der Waals surface area contributed by atoms with Gasteiger partial charge in [-0.25, -0.2) is 4.79 Å². The highest BCUT2D eigenvalue weighted by Crippen LogP contribution is 2.55. The van der Waals surface area contributed by atoms with Gasteiger partial charge in [0, 0.05) is 44.0 Å². The summed E-state index contributed by atoms with van der Waals surface area (Å²) in [7, 11) is 0. The van der Waals surface area contributed by atoms with Gasteiger partial charge in [0.1, 0.15) is 0 Å². The monoisotopic (exact) mass is 373 g/mol. The van der Waals surface area contributed by atoms with Gasteiger partial charge in [-0.1, -0.05) is 0 Å². The number of carbonyl (C=O) groups is 2. The van der Waals surface area contributed by atoms with Gasteiger partial charge in [-0.3, -0.25) is 9.48 Å². The minimum atomic E-state index is -0.108. The lowest BCUT2D eigenvalue weighted by atomic mass is 9.53. The maximum Gasteiger partial charge on any atom is 0.315 e. The van der Waals surface area contributed by atoms with E-state index in [1.165, 1.54) is 19.3 Å². The number of nitrogens with zero attached hydrogens (tertiary/aromatic N) is 2. The van der Waals surface area contributed by atoms with Crippen molar-refractivity contribution >= 4 is 11.9 Å². The molecule has 1 aromatic rings. The average Bonchev–Trinajstić information content (AvgIpc) is 3.10. The maximum atomic E-state index is 12.3. The van der Waals surface area contributed by atoms with Gasteiger partial charge in [0.25, 0.3) is 0 Å². The van der Waals surface area contributed by atoms with Crippen molar-refractivity contribution in [3.63, 3.8) is 0 Å². The van der Waals surface area contributed by atoms with Gasteiger partial charge >= 0.3 is 6.03 Å². The summed E-state index contributed by atoms with van der Waals surface area (Å²) >= 11 is 0. The van der Waals surface area contributed by atoms with Crippen molar-refractivity contribution in [1.29, 1.82) is 0 Å². The molecule has 1 aromatic heterocycles. The second kappa shape index (κ2) is 7.90. The fourth-order valence-corrected chi connectivity index (χ4v) is 5.83. The van der Waals surface area contributed by atoms with Crippen LogP contribution in [0.2, 0.25) is 0 Å². The van der Waals surface area contributed by atoms with Crippen molar-refractivity contribution in [1.82, 2.24) is 25.7 Å². The Hall–Kier alpha value is -2.05. The molecule has 4 aliphatic rings. The Balaban J connectivity index is 1.10. The number of hydrogen-bond donors (Lipinski definition) is 3. The molecule has 7 heteroatoms. The Bertz CT molecular complexity index is 622. The summed E-state index contributed by atoms with van der Waals surface area (Å²) in [6, 6.07) is 1.78. The summed E-state index contributed by atoms with van der Waals surface area (Å²) in [4.78, 5) is 24.2. The van der Waals surface area contributed by atoms with Crippen LogP contribution in [0.4, 0.5) is 4.79 Å². The Morgan fingerprint density at radius 2 is 1.74 bits per heavy atom. The molecule has 0 aliphatic heterocycles. The van der Waals surface area contributed by atoms with E-state index in [1.54, 1.807) is 6.20 Å². The van der Waals surface area contributed by atoms with Crippen LogP contribution in [0, 0.1) is 17.8 Å². The highest BCUT2D eigenvalue weighted by molar-refractivity contribution is 5.78. The van der Waals surface area contributed by atoms with Crippen molar-refractivity contribution in [2.24, 2.45) is 17.8 Å². The van der Waals surface area contributed by atoms with Crippen LogP contribution >= 0.6 is 0 Å². The first-order valence-corrected chi connectivity index (χ1v) is 10.4. The van der Waals surface area contributed by atoms with Crippen molar-refractivity contribution in [3.05, 3.63) is 18.5 Å². The zero-order valence-corrected chi connectivity index (χ0v) is 16.0. The fourth-order valence-electron chi connectivity index (χ4n) is 5.83. The molecule has 4 aliphatic carbocycles. The summed E-state index contributed by atoms with van der Waals surface area (Å²) in [6.07, 6.45) is 12.3. The van der Waals surface area contributed by atoms with Crippen molar-refractivity contribution in [3.8, 4) is 0 Å². The molecule has 7 nitrogen and oxygen atoms in total. The molecule has 0 unspecified atom stereocenters. The van der Waals surface area contributed by atoms with E-state index in [-0.39, 0.29) is 17.5 Å². The molecule has 5 rings (SSSR count). The second-order valence-corrected chi connectivity index (χ2v) is 8.80. The molecule has 27 heavy (non-hydrogen) atoms. The molecule has 3 N–H and O–H groups in total. The Morgan fingerprint density at radius 3 is 2.37 bits per heavy atom. The van der Waals surface area contributed by atoms with Crippen LogP contribution in [0.3, 0.4) is 0 Å². The smallest absolute Gasteiger partial charge is 0.315 e. The number of aromatic nitrogens is 2. The number of aryl methyl sites for hydroxylation is 1.